The molecule has 0 unspecified atom stereocenters. The maximum Gasteiger partial charge on any atom is 0.232 e. The number of anilines is 1. The van der Waals surface area contributed by atoms with E-state index >= 15 is 0 Å². The van der Waals surface area contributed by atoms with Crippen molar-refractivity contribution in [1.29, 1.82) is 0 Å². The number of ether oxygens (including phenoxy) is 1. The van der Waals surface area contributed by atoms with E-state index in [0.29, 0.717) is 23.6 Å². The van der Waals surface area contributed by atoms with E-state index in [1.807, 2.05) is 24.3 Å². The molecule has 8 heteroatoms. The van der Waals surface area contributed by atoms with Gasteiger partial charge in [0.1, 0.15) is 11.4 Å². The molecule has 0 aliphatic carbocycles. The third-order valence-electron chi connectivity index (χ3n) is 6.08. The highest BCUT2D eigenvalue weighted by atomic mass is 35.5. The van der Waals surface area contributed by atoms with Gasteiger partial charge in [-0.15, -0.1) is 0 Å². The largest absolute Gasteiger partial charge is 0.487 e. The van der Waals surface area contributed by atoms with Gasteiger partial charge in [-0.1, -0.05) is 49.7 Å². The molecule has 1 heterocycles. The number of amides is 1. The zero-order valence-corrected chi connectivity index (χ0v) is 20.4. The second-order valence-corrected chi connectivity index (χ2v) is 10.6. The van der Waals surface area contributed by atoms with Crippen molar-refractivity contribution in [2.24, 2.45) is 0 Å². The molecule has 1 N–H and O–H groups in total. The topological polar surface area (TPSA) is 75.7 Å². The minimum absolute atomic E-state index is 0.104. The van der Waals surface area contributed by atoms with E-state index in [2.05, 4.69) is 19.2 Å². The number of para-hydroxylation sites is 1. The zero-order chi connectivity index (χ0) is 23.4. The van der Waals surface area contributed by atoms with Crippen LogP contribution in [0.3, 0.4) is 0 Å². The molecule has 3 rings (SSSR count). The van der Waals surface area contributed by atoms with Crippen LogP contribution in [0, 0.1) is 0 Å². The predicted molar refractivity (Wildman–Crippen MR) is 129 cm³/mol. The van der Waals surface area contributed by atoms with Gasteiger partial charge in [-0.05, 0) is 43.5 Å². The first-order valence-corrected chi connectivity index (χ1v) is 13.2. The molecule has 6 nitrogen and oxygen atoms in total. The number of carbonyl (C=O) groups excluding carboxylic acids is 1. The monoisotopic (exact) mass is 478 g/mol. The van der Waals surface area contributed by atoms with Crippen LogP contribution in [0.15, 0.2) is 48.5 Å². The highest BCUT2D eigenvalue weighted by molar-refractivity contribution is 7.92. The fourth-order valence-corrected chi connectivity index (χ4v) is 5.34. The van der Waals surface area contributed by atoms with Crippen LogP contribution in [-0.2, 0) is 14.8 Å². The van der Waals surface area contributed by atoms with Gasteiger partial charge in [0.2, 0.25) is 15.9 Å². The van der Waals surface area contributed by atoms with Crippen LogP contribution in [0.2, 0.25) is 5.02 Å². The number of rotatable bonds is 9. The summed E-state index contributed by atoms with van der Waals surface area (Å²) in [6.45, 7) is 4.41. The molecule has 0 fully saturated rings. The molecule has 1 amide bonds. The summed E-state index contributed by atoms with van der Waals surface area (Å²) in [6.07, 6.45) is 4.18. The number of nitrogens with zero attached hydrogens (tertiary/aromatic N) is 1. The van der Waals surface area contributed by atoms with Crippen LogP contribution in [0.4, 0.5) is 5.69 Å². The van der Waals surface area contributed by atoms with E-state index in [-0.39, 0.29) is 30.5 Å². The van der Waals surface area contributed by atoms with E-state index in [0.717, 1.165) is 30.4 Å². The number of hydrogen-bond donors (Lipinski definition) is 1. The Labute approximate surface area is 196 Å². The Morgan fingerprint density at radius 3 is 2.56 bits per heavy atom. The van der Waals surface area contributed by atoms with Crippen molar-refractivity contribution in [2.45, 2.75) is 57.6 Å². The summed E-state index contributed by atoms with van der Waals surface area (Å²) in [6, 6.07) is 14.4. The van der Waals surface area contributed by atoms with Crippen molar-refractivity contribution in [1.82, 2.24) is 5.32 Å². The van der Waals surface area contributed by atoms with Crippen molar-refractivity contribution in [2.75, 3.05) is 17.1 Å². The van der Waals surface area contributed by atoms with Gasteiger partial charge in [0.15, 0.2) is 0 Å². The van der Waals surface area contributed by atoms with Gasteiger partial charge in [-0.2, -0.15) is 0 Å². The number of hydrogen-bond acceptors (Lipinski definition) is 4. The molecular formula is C24H31ClN2O4S. The molecule has 0 bridgehead atoms. The Bertz CT molecular complexity index is 1050. The van der Waals surface area contributed by atoms with Gasteiger partial charge in [0.25, 0.3) is 0 Å². The predicted octanol–water partition coefficient (Wildman–Crippen LogP) is 5.09. The molecule has 0 saturated heterocycles. The highest BCUT2D eigenvalue weighted by Gasteiger charge is 2.38. The van der Waals surface area contributed by atoms with E-state index in [1.54, 1.807) is 24.3 Å². The van der Waals surface area contributed by atoms with E-state index in [9.17, 15) is 13.2 Å². The molecular weight excluding hydrogens is 448 g/mol. The summed E-state index contributed by atoms with van der Waals surface area (Å²) in [5, 5.41) is 3.61. The van der Waals surface area contributed by atoms with Gasteiger partial charge in [0.05, 0.1) is 18.0 Å². The number of halogens is 1. The van der Waals surface area contributed by atoms with Gasteiger partial charge in [0, 0.05) is 30.0 Å². The molecule has 0 radical (unpaired) electrons. The maximum absolute atomic E-state index is 12.8. The zero-order valence-electron chi connectivity index (χ0n) is 18.8. The SMILES string of the molecule is CCC1(CC)C[C@H](NC(=O)CCCN(c2cccc(Cl)c2)S(C)(=O)=O)c2ccccc2O1. The van der Waals surface area contributed by atoms with E-state index in [4.69, 9.17) is 16.3 Å². The van der Waals surface area contributed by atoms with Gasteiger partial charge < -0.3 is 10.1 Å². The highest BCUT2D eigenvalue weighted by Crippen LogP contribution is 2.42. The lowest BCUT2D eigenvalue weighted by Gasteiger charge is -2.41. The number of carbonyl (C=O) groups is 1. The molecule has 1 atom stereocenters. The Hall–Kier alpha value is -2.25. The molecule has 0 spiro atoms. The average Bonchev–Trinajstić information content (AvgIpc) is 2.75. The minimum atomic E-state index is -3.50. The van der Waals surface area contributed by atoms with Gasteiger partial charge >= 0.3 is 0 Å². The Balaban J connectivity index is 1.66. The van der Waals surface area contributed by atoms with Gasteiger partial charge in [-0.3, -0.25) is 9.10 Å². The van der Waals surface area contributed by atoms with Gasteiger partial charge in [-0.25, -0.2) is 8.42 Å². The van der Waals surface area contributed by atoms with Crippen LogP contribution in [0.5, 0.6) is 5.75 Å². The third kappa shape index (κ3) is 5.75. The number of nitrogens with one attached hydrogen (secondary N) is 1. The normalized spacial score (nSPS) is 17.2. The van der Waals surface area contributed by atoms with E-state index < -0.39 is 10.0 Å². The van der Waals surface area contributed by atoms with Crippen LogP contribution < -0.4 is 14.4 Å². The summed E-state index contributed by atoms with van der Waals surface area (Å²) >= 11 is 6.02. The molecule has 0 aromatic heterocycles. The Morgan fingerprint density at radius 1 is 1.19 bits per heavy atom. The Kier molecular flexibility index (Phi) is 7.72. The van der Waals surface area contributed by atoms with Crippen molar-refractivity contribution in [3.8, 4) is 5.75 Å². The minimum Gasteiger partial charge on any atom is -0.487 e. The van der Waals surface area contributed by atoms with Crippen LogP contribution in [0.1, 0.15) is 57.6 Å². The number of sulfonamides is 1. The number of fused-ring (bicyclic) bond motifs is 1. The van der Waals surface area contributed by atoms with Crippen LogP contribution in [-0.4, -0.2) is 32.7 Å². The van der Waals surface area contributed by atoms with Crippen LogP contribution >= 0.6 is 11.6 Å². The number of benzene rings is 2. The first kappa shape index (κ1) is 24.4. The summed E-state index contributed by atoms with van der Waals surface area (Å²) in [5.74, 6) is 0.712. The lowest BCUT2D eigenvalue weighted by atomic mass is 9.83. The summed E-state index contributed by atoms with van der Waals surface area (Å²) < 4.78 is 32.1. The standard InChI is InChI=1S/C24H31ClN2O4S/c1-4-24(5-2)17-21(20-12-6-7-13-22(20)31-24)26-23(28)14-9-15-27(32(3,29)30)19-11-8-10-18(25)16-19/h6-8,10-13,16,21H,4-5,9,14-15,17H2,1-3H3,(H,26,28)/t21-/m0/s1. The fraction of sp³-hybridized carbons (Fsp3) is 0.458. The molecule has 2 aromatic rings. The lowest BCUT2D eigenvalue weighted by molar-refractivity contribution is -0.122. The summed E-state index contributed by atoms with van der Waals surface area (Å²) in [7, 11) is -3.50. The molecule has 1 aliphatic heterocycles. The first-order chi connectivity index (χ1) is 15.2. The quantitative estimate of drug-likeness (QED) is 0.545. The molecule has 174 valence electrons. The molecule has 1 aliphatic rings. The third-order valence-corrected chi connectivity index (χ3v) is 7.51. The maximum atomic E-state index is 12.8. The summed E-state index contributed by atoms with van der Waals surface area (Å²) in [4.78, 5) is 12.8. The lowest BCUT2D eigenvalue weighted by Crippen LogP contribution is -2.44. The fourth-order valence-electron chi connectivity index (χ4n) is 4.20. The molecule has 2 aromatic carbocycles. The van der Waals surface area contributed by atoms with Crippen molar-refractivity contribution < 1.29 is 17.9 Å². The molecule has 32 heavy (non-hydrogen) atoms. The van der Waals surface area contributed by atoms with Crippen molar-refractivity contribution >= 4 is 33.2 Å². The first-order valence-electron chi connectivity index (χ1n) is 11.0. The Morgan fingerprint density at radius 2 is 1.91 bits per heavy atom. The smallest absolute Gasteiger partial charge is 0.232 e. The van der Waals surface area contributed by atoms with Crippen LogP contribution in [0.25, 0.3) is 0 Å². The van der Waals surface area contributed by atoms with Crippen molar-refractivity contribution in [3.63, 3.8) is 0 Å². The molecule has 0 saturated carbocycles. The summed E-state index contributed by atoms with van der Waals surface area (Å²) in [5.41, 5.74) is 1.18. The second kappa shape index (κ2) is 10.1. The second-order valence-electron chi connectivity index (χ2n) is 8.27. The average molecular weight is 479 g/mol. The van der Waals surface area contributed by atoms with E-state index in [1.165, 1.54) is 4.31 Å². The van der Waals surface area contributed by atoms with Crippen molar-refractivity contribution in [3.05, 3.63) is 59.1 Å².